The van der Waals surface area contributed by atoms with Crippen molar-refractivity contribution in [2.24, 2.45) is 0 Å². The Bertz CT molecular complexity index is 1990. The van der Waals surface area contributed by atoms with Gasteiger partial charge in [-0.1, -0.05) is 6.42 Å². The van der Waals surface area contributed by atoms with Crippen molar-refractivity contribution in [3.8, 4) is 45.3 Å². The summed E-state index contributed by atoms with van der Waals surface area (Å²) in [5.74, 6) is 0.929. The van der Waals surface area contributed by atoms with E-state index in [9.17, 15) is 4.39 Å². The normalized spacial score (nSPS) is 16.0. The van der Waals surface area contributed by atoms with Crippen LogP contribution in [-0.2, 0) is 0 Å². The summed E-state index contributed by atoms with van der Waals surface area (Å²) >= 11 is 0. The highest BCUT2D eigenvalue weighted by atomic mass is 19.1. The molecule has 1 aliphatic heterocycles. The van der Waals surface area contributed by atoms with E-state index in [2.05, 4.69) is 41.1 Å². The molecule has 46 heavy (non-hydrogen) atoms. The van der Waals surface area contributed by atoms with Gasteiger partial charge in [-0.15, -0.1) is 0 Å². The molecule has 9 nitrogen and oxygen atoms in total. The molecule has 0 radical (unpaired) electrons. The number of rotatable bonds is 9. The van der Waals surface area contributed by atoms with E-state index in [1.165, 1.54) is 44.2 Å². The van der Waals surface area contributed by atoms with Gasteiger partial charge in [0, 0.05) is 64.2 Å². The van der Waals surface area contributed by atoms with Gasteiger partial charge in [-0.25, -0.2) is 9.37 Å². The average molecular weight is 618 g/mol. The van der Waals surface area contributed by atoms with Crippen LogP contribution >= 0.6 is 0 Å². The molecule has 0 spiro atoms. The van der Waals surface area contributed by atoms with E-state index in [0.29, 0.717) is 29.3 Å². The quantitative estimate of drug-likeness (QED) is 0.173. The number of likely N-dealkylation sites (tertiary alicyclic amines) is 1. The molecule has 1 saturated heterocycles. The van der Waals surface area contributed by atoms with Crippen LogP contribution in [0.15, 0.2) is 67.3 Å². The summed E-state index contributed by atoms with van der Waals surface area (Å²) in [6.45, 7) is 3.56. The van der Waals surface area contributed by atoms with Crippen LogP contribution in [0.2, 0.25) is 0 Å². The number of aromatic amines is 2. The van der Waals surface area contributed by atoms with Gasteiger partial charge in [-0.05, 0) is 88.0 Å². The molecule has 1 saturated carbocycles. The lowest BCUT2D eigenvalue weighted by molar-refractivity contribution is 0.154. The fourth-order valence-corrected chi connectivity index (χ4v) is 6.78. The molecule has 0 unspecified atom stereocenters. The molecule has 6 aromatic rings. The smallest absolute Gasteiger partial charge is 0.181 e. The molecule has 8 rings (SSSR count). The highest BCUT2D eigenvalue weighted by molar-refractivity contribution is 6.00. The van der Waals surface area contributed by atoms with E-state index in [4.69, 9.17) is 9.47 Å². The Morgan fingerprint density at radius 2 is 1.67 bits per heavy atom. The first-order valence-electron chi connectivity index (χ1n) is 16.3. The van der Waals surface area contributed by atoms with Gasteiger partial charge in [0.1, 0.15) is 23.9 Å². The fourth-order valence-electron chi connectivity index (χ4n) is 6.78. The van der Waals surface area contributed by atoms with Crippen LogP contribution in [0.3, 0.4) is 0 Å². The maximum atomic E-state index is 14.8. The SMILES string of the molecule is Fc1cc(OCCN2CCCC2)cc(-c2nccc3[nH]c(-c4[nH]nc5ncc(-c6cncc(OC7CCCCC7)c6)cc45)cc23)c1. The summed E-state index contributed by atoms with van der Waals surface area (Å²) in [5.41, 5.74) is 6.32. The molecule has 0 amide bonds. The number of hydrogen-bond acceptors (Lipinski definition) is 7. The zero-order chi connectivity index (χ0) is 30.9. The molecule has 2 fully saturated rings. The Kier molecular flexibility index (Phi) is 7.79. The van der Waals surface area contributed by atoms with Crippen molar-refractivity contribution in [2.45, 2.75) is 51.0 Å². The van der Waals surface area contributed by atoms with Gasteiger partial charge < -0.3 is 14.5 Å². The Labute approximate surface area is 266 Å². The first-order chi connectivity index (χ1) is 22.7. The first-order valence-corrected chi connectivity index (χ1v) is 16.3. The third kappa shape index (κ3) is 5.92. The minimum atomic E-state index is -0.357. The van der Waals surface area contributed by atoms with E-state index in [1.807, 2.05) is 36.7 Å². The van der Waals surface area contributed by atoms with Crippen molar-refractivity contribution >= 4 is 21.9 Å². The zero-order valence-electron chi connectivity index (χ0n) is 25.6. The summed E-state index contributed by atoms with van der Waals surface area (Å²) in [6.07, 6.45) is 15.8. The second kappa shape index (κ2) is 12.5. The lowest BCUT2D eigenvalue weighted by Crippen LogP contribution is -2.25. The molecule has 1 aliphatic carbocycles. The number of benzene rings is 1. The maximum Gasteiger partial charge on any atom is 0.181 e. The number of hydrogen-bond donors (Lipinski definition) is 2. The molecule has 2 aliphatic rings. The molecular weight excluding hydrogens is 581 g/mol. The van der Waals surface area contributed by atoms with Crippen molar-refractivity contribution in [1.29, 1.82) is 0 Å². The largest absolute Gasteiger partial charge is 0.492 e. The standard InChI is InChI=1S/C36H36FN7O2/c37-26-14-23(15-28(18-26)45-13-12-44-10-4-5-11-44)34-30-19-33(41-32(30)8-9-39-34)35-31-17-25(21-40-36(31)43-42-35)24-16-29(22-38-20-24)46-27-6-2-1-3-7-27/h8-9,14-22,27,41H,1-7,10-13H2,(H,40,42,43). The van der Waals surface area contributed by atoms with E-state index in [-0.39, 0.29) is 11.9 Å². The Morgan fingerprint density at radius 3 is 2.57 bits per heavy atom. The van der Waals surface area contributed by atoms with Crippen molar-refractivity contribution in [1.82, 2.24) is 35.0 Å². The van der Waals surface area contributed by atoms with E-state index < -0.39 is 0 Å². The average Bonchev–Trinajstić information content (AvgIpc) is 3.85. The second-order valence-electron chi connectivity index (χ2n) is 12.4. The minimum Gasteiger partial charge on any atom is -0.492 e. The number of ether oxygens (including phenoxy) is 2. The van der Waals surface area contributed by atoms with E-state index in [1.54, 1.807) is 12.4 Å². The highest BCUT2D eigenvalue weighted by Gasteiger charge is 2.18. The lowest BCUT2D eigenvalue weighted by Gasteiger charge is -2.23. The van der Waals surface area contributed by atoms with Crippen LogP contribution in [0.1, 0.15) is 44.9 Å². The van der Waals surface area contributed by atoms with Gasteiger partial charge in [0.25, 0.3) is 0 Å². The Hall–Kier alpha value is -4.83. The molecular formula is C36H36FN7O2. The molecule has 6 heterocycles. The summed E-state index contributed by atoms with van der Waals surface area (Å²) in [6, 6.07) is 12.9. The number of nitrogens with zero attached hydrogens (tertiary/aromatic N) is 5. The van der Waals surface area contributed by atoms with Crippen LogP contribution in [0.4, 0.5) is 4.39 Å². The van der Waals surface area contributed by atoms with Crippen molar-refractivity contribution in [2.75, 3.05) is 26.2 Å². The maximum absolute atomic E-state index is 14.8. The predicted molar refractivity (Wildman–Crippen MR) is 176 cm³/mol. The number of aromatic nitrogens is 6. The van der Waals surface area contributed by atoms with E-state index >= 15 is 0 Å². The molecule has 234 valence electrons. The van der Waals surface area contributed by atoms with Crippen LogP contribution in [0.25, 0.3) is 55.7 Å². The molecule has 0 bridgehead atoms. The van der Waals surface area contributed by atoms with Gasteiger partial charge >= 0.3 is 0 Å². The predicted octanol–water partition coefficient (Wildman–Crippen LogP) is 7.56. The van der Waals surface area contributed by atoms with Gasteiger partial charge in [-0.2, -0.15) is 5.10 Å². The fraction of sp³-hybridized carbons (Fsp3) is 0.333. The van der Waals surface area contributed by atoms with Crippen LogP contribution in [-0.4, -0.2) is 67.4 Å². The number of fused-ring (bicyclic) bond motifs is 2. The lowest BCUT2D eigenvalue weighted by atomic mass is 9.98. The van der Waals surface area contributed by atoms with Gasteiger partial charge in [0.15, 0.2) is 5.65 Å². The van der Waals surface area contributed by atoms with Gasteiger partial charge in [0.05, 0.1) is 29.4 Å². The molecule has 2 N–H and O–H groups in total. The third-order valence-corrected chi connectivity index (χ3v) is 9.15. The highest BCUT2D eigenvalue weighted by Crippen LogP contribution is 2.35. The van der Waals surface area contributed by atoms with Crippen molar-refractivity contribution in [3.63, 3.8) is 0 Å². The van der Waals surface area contributed by atoms with Crippen LogP contribution < -0.4 is 9.47 Å². The van der Waals surface area contributed by atoms with Crippen LogP contribution in [0.5, 0.6) is 11.5 Å². The number of halogens is 1. The van der Waals surface area contributed by atoms with Crippen LogP contribution in [0, 0.1) is 5.82 Å². The first kappa shape index (κ1) is 28.6. The topological polar surface area (TPSA) is 105 Å². The molecule has 1 aromatic carbocycles. The van der Waals surface area contributed by atoms with Crippen molar-refractivity contribution < 1.29 is 13.9 Å². The number of nitrogens with one attached hydrogen (secondary N) is 2. The van der Waals surface area contributed by atoms with Gasteiger partial charge in [-0.3, -0.25) is 20.0 Å². The molecule has 0 atom stereocenters. The summed E-state index contributed by atoms with van der Waals surface area (Å²) in [4.78, 5) is 19.6. The van der Waals surface area contributed by atoms with Gasteiger partial charge in [0.2, 0.25) is 0 Å². The van der Waals surface area contributed by atoms with E-state index in [0.717, 1.165) is 77.0 Å². The minimum absolute atomic E-state index is 0.250. The van der Waals surface area contributed by atoms with Crippen molar-refractivity contribution in [3.05, 3.63) is 73.1 Å². The Balaban J connectivity index is 1.08. The monoisotopic (exact) mass is 617 g/mol. The summed E-state index contributed by atoms with van der Waals surface area (Å²) < 4.78 is 27.1. The Morgan fingerprint density at radius 1 is 0.826 bits per heavy atom. The number of H-pyrrole nitrogens is 2. The molecule has 10 heteroatoms. The second-order valence-corrected chi connectivity index (χ2v) is 12.4. The number of pyridine rings is 3. The summed E-state index contributed by atoms with van der Waals surface area (Å²) in [7, 11) is 0. The molecule has 5 aromatic heterocycles. The zero-order valence-corrected chi connectivity index (χ0v) is 25.6. The third-order valence-electron chi connectivity index (χ3n) is 9.15. The summed E-state index contributed by atoms with van der Waals surface area (Å²) in [5, 5.41) is 9.39.